The minimum atomic E-state index is -0.739. The van der Waals surface area contributed by atoms with Crippen molar-refractivity contribution in [3.63, 3.8) is 0 Å². The van der Waals surface area contributed by atoms with Crippen LogP contribution in [0.15, 0.2) is 24.3 Å². The number of carboxylic acid groups (broad SMARTS) is 1. The number of hydrogen-bond acceptors (Lipinski definition) is 1. The van der Waals surface area contributed by atoms with Gasteiger partial charge < -0.3 is 5.11 Å². The molecule has 0 saturated carbocycles. The topological polar surface area (TPSA) is 37.3 Å². The van der Waals surface area contributed by atoms with Crippen molar-refractivity contribution in [1.82, 2.24) is 0 Å². The van der Waals surface area contributed by atoms with Gasteiger partial charge in [0.15, 0.2) is 0 Å². The van der Waals surface area contributed by atoms with E-state index in [1.807, 2.05) is 31.2 Å². The summed E-state index contributed by atoms with van der Waals surface area (Å²) in [4.78, 5) is 10.8. The van der Waals surface area contributed by atoms with Crippen LogP contribution < -0.4 is 0 Å². The molecule has 0 aliphatic heterocycles. The molecule has 1 aromatic rings. The fourth-order valence-corrected chi connectivity index (χ4v) is 1.54. The number of rotatable bonds is 4. The maximum Gasteiger partial charge on any atom is 0.306 e. The molecule has 15 heavy (non-hydrogen) atoms. The van der Waals surface area contributed by atoms with E-state index in [0.29, 0.717) is 5.02 Å². The molecule has 1 N–H and O–H groups in total. The number of carbonyl (C=O) groups is 1. The molecule has 0 radical (unpaired) electrons. The summed E-state index contributed by atoms with van der Waals surface area (Å²) in [5.74, 6) is -0.930. The Morgan fingerprint density at radius 3 is 2.33 bits per heavy atom. The van der Waals surface area contributed by atoms with Crippen LogP contribution >= 0.6 is 11.6 Å². The van der Waals surface area contributed by atoms with E-state index < -0.39 is 5.97 Å². The van der Waals surface area contributed by atoms with Gasteiger partial charge in [0.2, 0.25) is 0 Å². The largest absolute Gasteiger partial charge is 0.481 e. The van der Waals surface area contributed by atoms with Gasteiger partial charge in [0.25, 0.3) is 0 Å². The fraction of sp³-hybridized carbons (Fsp3) is 0.417. The smallest absolute Gasteiger partial charge is 0.306 e. The molecule has 3 heteroatoms. The van der Waals surface area contributed by atoms with Crippen molar-refractivity contribution in [1.29, 1.82) is 0 Å². The van der Waals surface area contributed by atoms with Gasteiger partial charge in [0, 0.05) is 5.02 Å². The van der Waals surface area contributed by atoms with Crippen LogP contribution in [-0.2, 0) is 11.2 Å². The first-order valence-corrected chi connectivity index (χ1v) is 5.35. The molecule has 0 amide bonds. The Morgan fingerprint density at radius 1 is 1.33 bits per heavy atom. The SMILES string of the molecule is CC(Cc1ccc(Cl)cc1)C(C)C(=O)O. The molecule has 0 fully saturated rings. The summed E-state index contributed by atoms with van der Waals surface area (Å²) in [6.45, 7) is 3.69. The van der Waals surface area contributed by atoms with Crippen LogP contribution in [0.3, 0.4) is 0 Å². The first-order chi connectivity index (χ1) is 7.00. The van der Waals surface area contributed by atoms with E-state index in [9.17, 15) is 4.79 Å². The lowest BCUT2D eigenvalue weighted by Gasteiger charge is -2.15. The highest BCUT2D eigenvalue weighted by Gasteiger charge is 2.19. The van der Waals surface area contributed by atoms with Crippen molar-refractivity contribution in [3.8, 4) is 0 Å². The lowest BCUT2D eigenvalue weighted by atomic mass is 9.90. The third kappa shape index (κ3) is 3.56. The number of benzene rings is 1. The molecule has 2 nitrogen and oxygen atoms in total. The average Bonchev–Trinajstić information content (AvgIpc) is 2.20. The highest BCUT2D eigenvalue weighted by Crippen LogP contribution is 2.18. The second kappa shape index (κ2) is 5.17. The van der Waals surface area contributed by atoms with Crippen LogP contribution in [0.1, 0.15) is 19.4 Å². The Kier molecular flexibility index (Phi) is 4.15. The molecule has 1 aromatic carbocycles. The summed E-state index contributed by atoms with van der Waals surface area (Å²) >= 11 is 5.77. The Bertz CT molecular complexity index is 332. The van der Waals surface area contributed by atoms with Gasteiger partial charge in [0.1, 0.15) is 0 Å². The zero-order chi connectivity index (χ0) is 11.4. The summed E-state index contributed by atoms with van der Waals surface area (Å²) in [6, 6.07) is 7.53. The third-order valence-corrected chi connectivity index (χ3v) is 2.97. The van der Waals surface area contributed by atoms with Crippen LogP contribution in [0.25, 0.3) is 0 Å². The van der Waals surface area contributed by atoms with Crippen LogP contribution in [0.4, 0.5) is 0 Å². The summed E-state index contributed by atoms with van der Waals surface area (Å²) in [6.07, 6.45) is 0.768. The van der Waals surface area contributed by atoms with Gasteiger partial charge in [-0.3, -0.25) is 4.79 Å². The minimum Gasteiger partial charge on any atom is -0.481 e. The van der Waals surface area contributed by atoms with Crippen molar-refractivity contribution >= 4 is 17.6 Å². The van der Waals surface area contributed by atoms with E-state index in [-0.39, 0.29) is 11.8 Å². The lowest BCUT2D eigenvalue weighted by molar-refractivity contribution is -0.142. The predicted molar refractivity (Wildman–Crippen MR) is 61.1 cm³/mol. The van der Waals surface area contributed by atoms with Crippen LogP contribution in [0.2, 0.25) is 5.02 Å². The first kappa shape index (κ1) is 12.1. The Balaban J connectivity index is 2.62. The highest BCUT2D eigenvalue weighted by molar-refractivity contribution is 6.30. The predicted octanol–water partition coefficient (Wildman–Crippen LogP) is 3.24. The molecule has 82 valence electrons. The van der Waals surface area contributed by atoms with Crippen LogP contribution in [0.5, 0.6) is 0 Å². The molecule has 1 rings (SSSR count). The molecule has 0 aliphatic carbocycles. The Hall–Kier alpha value is -1.02. The van der Waals surface area contributed by atoms with Crippen LogP contribution in [-0.4, -0.2) is 11.1 Å². The van der Waals surface area contributed by atoms with Gasteiger partial charge >= 0.3 is 5.97 Å². The summed E-state index contributed by atoms with van der Waals surface area (Å²) < 4.78 is 0. The van der Waals surface area contributed by atoms with Gasteiger partial charge in [0.05, 0.1) is 5.92 Å². The first-order valence-electron chi connectivity index (χ1n) is 4.98. The molecular weight excluding hydrogens is 212 g/mol. The van der Waals surface area contributed by atoms with Gasteiger partial charge in [-0.25, -0.2) is 0 Å². The second-order valence-electron chi connectivity index (χ2n) is 3.93. The van der Waals surface area contributed by atoms with E-state index in [0.717, 1.165) is 12.0 Å². The average molecular weight is 227 g/mol. The number of halogens is 1. The third-order valence-electron chi connectivity index (χ3n) is 2.71. The molecule has 0 saturated heterocycles. The molecule has 0 aliphatic rings. The monoisotopic (exact) mass is 226 g/mol. The normalized spacial score (nSPS) is 14.6. The van der Waals surface area contributed by atoms with E-state index in [4.69, 9.17) is 16.7 Å². The van der Waals surface area contributed by atoms with E-state index in [1.165, 1.54) is 0 Å². The van der Waals surface area contributed by atoms with Crippen molar-refractivity contribution in [3.05, 3.63) is 34.9 Å². The maximum absolute atomic E-state index is 10.8. The van der Waals surface area contributed by atoms with E-state index in [2.05, 4.69) is 0 Å². The van der Waals surface area contributed by atoms with Gasteiger partial charge in [-0.2, -0.15) is 0 Å². The van der Waals surface area contributed by atoms with Crippen molar-refractivity contribution in [2.75, 3.05) is 0 Å². The zero-order valence-electron chi connectivity index (χ0n) is 8.90. The summed E-state index contributed by atoms with van der Waals surface area (Å²) in [5.41, 5.74) is 1.13. The quantitative estimate of drug-likeness (QED) is 0.856. The van der Waals surface area contributed by atoms with Crippen molar-refractivity contribution in [2.24, 2.45) is 11.8 Å². The number of carboxylic acids is 1. The molecule has 0 heterocycles. The molecular formula is C12H15ClO2. The fourth-order valence-electron chi connectivity index (χ4n) is 1.41. The van der Waals surface area contributed by atoms with Gasteiger partial charge in [-0.05, 0) is 30.0 Å². The summed E-state index contributed by atoms with van der Waals surface area (Å²) in [5, 5.41) is 9.56. The highest BCUT2D eigenvalue weighted by atomic mass is 35.5. The van der Waals surface area contributed by atoms with Crippen LogP contribution in [0, 0.1) is 11.8 Å². The Labute approximate surface area is 94.9 Å². The van der Waals surface area contributed by atoms with E-state index in [1.54, 1.807) is 6.92 Å². The van der Waals surface area contributed by atoms with Gasteiger partial charge in [-0.1, -0.05) is 37.6 Å². The summed E-state index contributed by atoms with van der Waals surface area (Å²) in [7, 11) is 0. The van der Waals surface area contributed by atoms with Crippen molar-refractivity contribution < 1.29 is 9.90 Å². The zero-order valence-corrected chi connectivity index (χ0v) is 9.66. The molecule has 2 unspecified atom stereocenters. The number of aliphatic carboxylic acids is 1. The molecule has 0 aromatic heterocycles. The maximum atomic E-state index is 10.8. The minimum absolute atomic E-state index is 0.128. The molecule has 0 bridgehead atoms. The molecule has 2 atom stereocenters. The standard InChI is InChI=1S/C12H15ClO2/c1-8(9(2)12(14)15)7-10-3-5-11(13)6-4-10/h3-6,8-9H,7H2,1-2H3,(H,14,15). The van der Waals surface area contributed by atoms with E-state index >= 15 is 0 Å². The van der Waals surface area contributed by atoms with Crippen molar-refractivity contribution in [2.45, 2.75) is 20.3 Å². The Morgan fingerprint density at radius 2 is 1.87 bits per heavy atom. The number of hydrogen-bond donors (Lipinski definition) is 1. The van der Waals surface area contributed by atoms with Gasteiger partial charge in [-0.15, -0.1) is 0 Å². The lowest BCUT2D eigenvalue weighted by Crippen LogP contribution is -2.19. The second-order valence-corrected chi connectivity index (χ2v) is 4.37. The molecule has 0 spiro atoms.